The molecule has 0 unspecified atom stereocenters. The molecule has 0 aliphatic carbocycles. The van der Waals surface area contributed by atoms with Gasteiger partial charge < -0.3 is 0 Å². The predicted molar refractivity (Wildman–Crippen MR) is 202 cm³/mol. The molecule has 0 atom stereocenters. The number of hydrogen-bond acceptors (Lipinski definition) is 0. The molecule has 0 nitrogen and oxygen atoms in total. The van der Waals surface area contributed by atoms with E-state index in [1.165, 1.54) is 150 Å². The summed E-state index contributed by atoms with van der Waals surface area (Å²) in [6.07, 6.45) is 29.8. The molecular formula is C40H60IP. The molecule has 0 saturated heterocycles. The van der Waals surface area contributed by atoms with Crippen LogP contribution in [0.3, 0.4) is 0 Å². The van der Waals surface area contributed by atoms with E-state index in [1.807, 2.05) is 0 Å². The van der Waals surface area contributed by atoms with Crippen LogP contribution in [0.1, 0.15) is 135 Å². The fraction of sp³-hybridized carbons (Fsp3) is 0.550. The van der Waals surface area contributed by atoms with E-state index in [-0.39, 0.29) is 0 Å². The van der Waals surface area contributed by atoms with Crippen molar-refractivity contribution in [2.45, 2.75) is 135 Å². The number of rotatable bonds is 24. The third-order valence-electron chi connectivity index (χ3n) is 9.32. The molecule has 2 heteroatoms. The van der Waals surface area contributed by atoms with Gasteiger partial charge >= 0.3 is 210 Å². The molecule has 0 saturated carbocycles. The minimum atomic E-state index is -2.58. The van der Waals surface area contributed by atoms with E-state index in [2.05, 4.69) is 120 Å². The predicted octanol–water partition coefficient (Wildman–Crippen LogP) is 12.7. The second kappa shape index (κ2) is 20.7. The van der Waals surface area contributed by atoms with Crippen molar-refractivity contribution in [3.8, 4) is 0 Å². The van der Waals surface area contributed by atoms with Crippen LogP contribution in [0.4, 0.5) is 0 Å². The monoisotopic (exact) mass is 698 g/mol. The molecule has 0 spiro atoms. The molecule has 3 aromatic rings. The van der Waals surface area contributed by atoms with Crippen molar-refractivity contribution in [3.63, 3.8) is 0 Å². The van der Waals surface area contributed by atoms with Gasteiger partial charge in [-0.1, -0.05) is 64.7 Å². The Bertz CT molecular complexity index is 949. The van der Waals surface area contributed by atoms with Gasteiger partial charge in [-0.2, -0.15) is 0 Å². The number of unbranched alkanes of at least 4 members (excludes halogenated alkanes) is 19. The zero-order valence-electron chi connectivity index (χ0n) is 26.8. The van der Waals surface area contributed by atoms with Crippen LogP contribution >= 0.6 is 26.3 Å². The van der Waals surface area contributed by atoms with Gasteiger partial charge in [0.15, 0.2) is 0 Å². The first kappa shape index (κ1) is 35.3. The average Bonchev–Trinajstić information content (AvgIpc) is 3.05. The van der Waals surface area contributed by atoms with Gasteiger partial charge in [0, 0.05) is 0 Å². The van der Waals surface area contributed by atoms with Crippen LogP contribution in [-0.2, 0) is 0 Å². The van der Waals surface area contributed by atoms with Gasteiger partial charge in [0.05, 0.1) is 0 Å². The second-order valence-corrected chi connectivity index (χ2v) is 23.4. The van der Waals surface area contributed by atoms with Crippen molar-refractivity contribution < 1.29 is 0 Å². The topological polar surface area (TPSA) is 0 Å². The van der Waals surface area contributed by atoms with Crippen LogP contribution in [0.25, 0.3) is 0 Å². The van der Waals surface area contributed by atoms with E-state index in [0.29, 0.717) is 0 Å². The summed E-state index contributed by atoms with van der Waals surface area (Å²) in [5.74, 6) is 0. The Kier molecular flexibility index (Phi) is 17.4. The number of halogens is 1. The average molecular weight is 699 g/mol. The quantitative estimate of drug-likeness (QED) is 0.0496. The Morgan fingerprint density at radius 2 is 0.595 bits per heavy atom. The SMILES string of the molecule is CCCCCCCCCCCCCCCCCCCCCCP(I)(c1ccccc1)(c1ccccc1)c1ccccc1. The van der Waals surface area contributed by atoms with Gasteiger partial charge in [0.25, 0.3) is 0 Å². The third-order valence-corrected chi connectivity index (χ3v) is 21.1. The van der Waals surface area contributed by atoms with Gasteiger partial charge in [-0.15, -0.1) is 0 Å². The summed E-state index contributed by atoms with van der Waals surface area (Å²) in [6.45, 7) is 2.30. The Morgan fingerprint density at radius 1 is 0.357 bits per heavy atom. The molecule has 0 fully saturated rings. The molecule has 0 aliphatic heterocycles. The first-order chi connectivity index (χ1) is 20.7. The molecule has 0 amide bonds. The van der Waals surface area contributed by atoms with E-state index >= 15 is 0 Å². The summed E-state index contributed by atoms with van der Waals surface area (Å²) >= 11 is 2.94. The Hall–Kier alpha value is -1.18. The van der Waals surface area contributed by atoms with Crippen LogP contribution in [0.2, 0.25) is 0 Å². The number of benzene rings is 3. The van der Waals surface area contributed by atoms with Gasteiger partial charge in [0.2, 0.25) is 0 Å². The van der Waals surface area contributed by atoms with E-state index in [9.17, 15) is 0 Å². The molecule has 0 aliphatic rings. The maximum absolute atomic E-state index is 2.94. The molecule has 232 valence electrons. The van der Waals surface area contributed by atoms with Gasteiger partial charge in [-0.25, -0.2) is 0 Å². The van der Waals surface area contributed by atoms with Crippen molar-refractivity contribution in [1.29, 1.82) is 0 Å². The van der Waals surface area contributed by atoms with E-state index in [1.54, 1.807) is 0 Å². The first-order valence-electron chi connectivity index (χ1n) is 17.6. The zero-order chi connectivity index (χ0) is 29.6. The van der Waals surface area contributed by atoms with Crippen molar-refractivity contribution in [2.75, 3.05) is 6.16 Å². The van der Waals surface area contributed by atoms with Crippen molar-refractivity contribution >= 4 is 42.2 Å². The Labute approximate surface area is 273 Å². The molecule has 0 heterocycles. The van der Waals surface area contributed by atoms with E-state index in [0.717, 1.165) is 0 Å². The van der Waals surface area contributed by atoms with Crippen LogP contribution < -0.4 is 15.9 Å². The second-order valence-electron chi connectivity index (χ2n) is 12.6. The normalized spacial score (nSPS) is 12.7. The van der Waals surface area contributed by atoms with Gasteiger partial charge in [0.1, 0.15) is 0 Å². The fourth-order valence-electron chi connectivity index (χ4n) is 6.71. The van der Waals surface area contributed by atoms with Crippen LogP contribution in [0, 0.1) is 0 Å². The minimum absolute atomic E-state index is 1.24. The van der Waals surface area contributed by atoms with Gasteiger partial charge in [-0.3, -0.25) is 0 Å². The van der Waals surface area contributed by atoms with Crippen molar-refractivity contribution in [2.24, 2.45) is 0 Å². The van der Waals surface area contributed by atoms with Crippen molar-refractivity contribution in [3.05, 3.63) is 91.0 Å². The zero-order valence-corrected chi connectivity index (χ0v) is 29.9. The Balaban J connectivity index is 1.33. The van der Waals surface area contributed by atoms with Crippen LogP contribution in [-0.4, -0.2) is 6.16 Å². The first-order valence-corrected chi connectivity index (χ1v) is 22.8. The van der Waals surface area contributed by atoms with Gasteiger partial charge in [-0.05, 0) is 0 Å². The standard InChI is InChI=1S/C40H60IP/c1-2-3-4-5-6-7-8-9-10-11-12-13-14-15-16-17-18-19-20-30-37-42(41,38-31-24-21-25-32-38,39-33-26-22-27-34-39)40-35-28-23-29-36-40/h21-29,31-36H,2-20,30,37H2,1H3. The Morgan fingerprint density at radius 3 is 0.857 bits per heavy atom. The van der Waals surface area contributed by atoms with E-state index in [4.69, 9.17) is 0 Å². The number of hydrogen-bond donors (Lipinski definition) is 0. The molecule has 0 bridgehead atoms. The summed E-state index contributed by atoms with van der Waals surface area (Å²) in [7, 11) is 0. The summed E-state index contributed by atoms with van der Waals surface area (Å²) in [5.41, 5.74) is 0. The molecule has 0 N–H and O–H groups in total. The molecule has 42 heavy (non-hydrogen) atoms. The summed E-state index contributed by atoms with van der Waals surface area (Å²) in [6, 6.07) is 34.2. The van der Waals surface area contributed by atoms with Crippen LogP contribution in [0.5, 0.6) is 0 Å². The molecule has 0 radical (unpaired) electrons. The third kappa shape index (κ3) is 11.1. The maximum atomic E-state index is 2.94. The molecular weight excluding hydrogens is 638 g/mol. The van der Waals surface area contributed by atoms with Crippen molar-refractivity contribution in [1.82, 2.24) is 0 Å². The summed E-state index contributed by atoms with van der Waals surface area (Å²) in [5, 5.41) is 4.54. The van der Waals surface area contributed by atoms with Crippen LogP contribution in [0.15, 0.2) is 91.0 Å². The van der Waals surface area contributed by atoms with E-state index < -0.39 is 4.25 Å². The molecule has 0 aromatic heterocycles. The molecule has 3 rings (SSSR count). The summed E-state index contributed by atoms with van der Waals surface area (Å²) < 4.78 is -2.58. The summed E-state index contributed by atoms with van der Waals surface area (Å²) in [4.78, 5) is 0. The molecule has 3 aromatic carbocycles. The fourth-order valence-corrected chi connectivity index (χ4v) is 15.5.